The van der Waals surface area contributed by atoms with Crippen LogP contribution in [0.2, 0.25) is 103 Å². The fraction of sp³-hybridized carbons (Fsp3) is 0.596. The van der Waals surface area contributed by atoms with Crippen LogP contribution in [-0.4, -0.2) is 239 Å². The lowest BCUT2D eigenvalue weighted by molar-refractivity contribution is -0.0830. The Morgan fingerprint density at radius 3 is 1.20 bits per heavy atom. The Kier molecular flexibility index (Phi) is 32.7. The number of aliphatic hydroxyl groups is 1. The highest BCUT2D eigenvalue weighted by molar-refractivity contribution is 14.1. The number of anilines is 2. The van der Waals surface area contributed by atoms with Gasteiger partial charge in [-0.3, -0.25) is 19.8 Å². The second kappa shape index (κ2) is 41.0. The van der Waals surface area contributed by atoms with Crippen LogP contribution in [-0.2, 0) is 47.2 Å². The maximum Gasteiger partial charge on any atom is 0.496 e. The van der Waals surface area contributed by atoms with Gasteiger partial charge in [0.2, 0.25) is 0 Å². The smallest absolute Gasteiger partial charge is 0.444 e. The Morgan fingerprint density at radius 1 is 0.492 bits per heavy atom. The number of ether oxygens (including phenoxy) is 8. The van der Waals surface area contributed by atoms with E-state index >= 15 is 0 Å². The van der Waals surface area contributed by atoms with E-state index in [9.17, 15) is 9.59 Å². The van der Waals surface area contributed by atoms with Crippen molar-refractivity contribution in [2.75, 3.05) is 96.7 Å². The molecule has 5 aliphatic heterocycles. The number of hydrogen-bond donors (Lipinski definition) is 1. The third kappa shape index (κ3) is 27.0. The van der Waals surface area contributed by atoms with E-state index in [1.54, 1.807) is 0 Å². The van der Waals surface area contributed by atoms with Crippen LogP contribution in [0.25, 0.3) is 44.9 Å². The molecule has 4 bridgehead atoms. The van der Waals surface area contributed by atoms with Crippen molar-refractivity contribution < 1.29 is 61.9 Å². The third-order valence-corrected chi connectivity index (χ3v) is 29.7. The molecule has 11 heterocycles. The van der Waals surface area contributed by atoms with Crippen LogP contribution in [0.4, 0.5) is 21.2 Å². The molecule has 2 amide bonds. The third-order valence-electron chi connectivity index (χ3n) is 22.1. The lowest BCUT2D eigenvalue weighted by atomic mass is 9.80. The molecule has 5 aliphatic rings. The van der Waals surface area contributed by atoms with Crippen molar-refractivity contribution in [2.45, 2.75) is 256 Å². The molecule has 656 valence electrons. The minimum atomic E-state index is -1.29. The van der Waals surface area contributed by atoms with Crippen molar-refractivity contribution >= 4 is 103 Å². The molecule has 31 heteroatoms. The van der Waals surface area contributed by atoms with Crippen molar-refractivity contribution in [1.82, 2.24) is 49.0 Å². The Labute approximate surface area is 731 Å². The topological polar surface area (TPSA) is 246 Å². The molecule has 13 rings (SSSR count). The number of fused-ring (bicyclic) bond motifs is 6. The molecular weight excluding hydrogens is 1700 g/mol. The summed E-state index contributed by atoms with van der Waals surface area (Å²) in [6.07, 6.45) is 9.93. The van der Waals surface area contributed by atoms with Gasteiger partial charge in [-0.15, -0.1) is 0 Å². The highest BCUT2D eigenvalue weighted by atomic mass is 127. The van der Waals surface area contributed by atoms with Crippen LogP contribution in [0, 0.1) is 3.57 Å². The maximum absolute atomic E-state index is 13.4. The van der Waals surface area contributed by atoms with E-state index in [2.05, 4.69) is 192 Å². The Bertz CT molecular complexity index is 4510. The Morgan fingerprint density at radius 2 is 0.850 bits per heavy atom. The molecular formula is C89H136BIN12O13Si4. The summed E-state index contributed by atoms with van der Waals surface area (Å²) in [5.41, 5.74) is 8.63. The van der Waals surface area contributed by atoms with Crippen molar-refractivity contribution in [3.05, 3.63) is 137 Å². The zero-order valence-corrected chi connectivity index (χ0v) is 82.0. The molecule has 0 saturated carbocycles. The molecule has 2 aromatic carbocycles. The molecule has 0 aliphatic carbocycles. The van der Waals surface area contributed by atoms with Gasteiger partial charge in [0, 0.05) is 141 Å². The van der Waals surface area contributed by atoms with E-state index in [0.717, 1.165) is 134 Å². The van der Waals surface area contributed by atoms with Gasteiger partial charge in [0.1, 0.15) is 49.8 Å². The minimum Gasteiger partial charge on any atom is -0.444 e. The van der Waals surface area contributed by atoms with E-state index in [1.165, 1.54) is 0 Å². The lowest BCUT2D eigenvalue weighted by Gasteiger charge is -2.48. The SMILES string of the molecule is CC(C)(C)OC(=O)N1C2COCC1CC(c1cc(N(COCC[Si](C)(C)C)COCC[Si](C)(C)C)n3ncc(-c4ccc(-c5ccccc5)nc4)c3n1)C2.CC(C)(C)OC(=O)N1C2COCC1CC(c1cc(N(COCC[Si](C)(C)C)COCC[Si](C)(C)C)n3ncc(I)c3n1)C2.CC1(C)OB(c2ccc(-c3ccccc3)nc2)OC1(C)C.CO. The van der Waals surface area contributed by atoms with E-state index in [1.807, 2.05) is 134 Å². The number of aromatic nitrogens is 8. The van der Waals surface area contributed by atoms with Crippen molar-refractivity contribution in [1.29, 1.82) is 0 Å². The normalized spacial score (nSPS) is 19.8. The number of rotatable bonds is 28. The molecule has 0 spiro atoms. The maximum atomic E-state index is 13.4. The summed E-state index contributed by atoms with van der Waals surface area (Å²) >= 11 is 2.31. The number of benzene rings is 2. The molecule has 5 fully saturated rings. The van der Waals surface area contributed by atoms with Gasteiger partial charge in [0.25, 0.3) is 0 Å². The molecule has 4 unspecified atom stereocenters. The quantitative estimate of drug-likeness (QED) is 0.0207. The molecule has 0 radical (unpaired) electrons. The second-order valence-electron chi connectivity index (χ2n) is 40.1. The molecule has 6 aromatic heterocycles. The zero-order valence-electron chi connectivity index (χ0n) is 75.8. The molecule has 1 N–H and O–H groups in total. The highest BCUT2D eigenvalue weighted by Crippen LogP contribution is 2.43. The number of carbonyl (C=O) groups excluding carboxylic acids is 2. The van der Waals surface area contributed by atoms with Gasteiger partial charge in [-0.25, -0.2) is 19.6 Å². The second-order valence-corrected chi connectivity index (χ2v) is 63.8. The number of aliphatic hydroxyl groups excluding tert-OH is 1. The lowest BCUT2D eigenvalue weighted by Crippen LogP contribution is -2.59. The Hall–Kier alpha value is -6.58. The van der Waals surface area contributed by atoms with Gasteiger partial charge in [0.15, 0.2) is 11.3 Å². The summed E-state index contributed by atoms with van der Waals surface area (Å²) in [6, 6.07) is 36.9. The molecule has 4 atom stereocenters. The Balaban J connectivity index is 0.000000203. The van der Waals surface area contributed by atoms with Crippen LogP contribution in [0.3, 0.4) is 0 Å². The number of piperidine rings is 2. The average molecular weight is 1830 g/mol. The van der Waals surface area contributed by atoms with Crippen LogP contribution >= 0.6 is 22.6 Å². The number of nitrogens with zero attached hydrogens (tertiary/aromatic N) is 12. The van der Waals surface area contributed by atoms with Crippen molar-refractivity contribution in [3.63, 3.8) is 0 Å². The van der Waals surface area contributed by atoms with Gasteiger partial charge in [-0.05, 0) is 154 Å². The molecule has 8 aromatic rings. The minimum absolute atomic E-state index is 0.0521. The van der Waals surface area contributed by atoms with Gasteiger partial charge >= 0.3 is 19.3 Å². The first kappa shape index (κ1) is 95.6. The van der Waals surface area contributed by atoms with Crippen molar-refractivity contribution in [3.8, 4) is 33.6 Å². The van der Waals surface area contributed by atoms with Gasteiger partial charge in [-0.2, -0.15) is 19.2 Å². The average Bonchev–Trinajstić information content (AvgIpc) is 1.18. The predicted molar refractivity (Wildman–Crippen MR) is 499 cm³/mol. The molecule has 5 saturated heterocycles. The number of halogens is 1. The first-order valence-electron chi connectivity index (χ1n) is 42.7. The van der Waals surface area contributed by atoms with Crippen LogP contribution in [0.5, 0.6) is 0 Å². The first-order valence-corrected chi connectivity index (χ1v) is 58.6. The fourth-order valence-corrected chi connectivity index (χ4v) is 18.2. The first-order chi connectivity index (χ1) is 56.4. The number of hydrogen-bond acceptors (Lipinski definition) is 21. The van der Waals surface area contributed by atoms with Gasteiger partial charge < -0.3 is 62.1 Å². The van der Waals surface area contributed by atoms with E-state index in [0.29, 0.717) is 79.4 Å². The number of carbonyl (C=O) groups is 2. The summed E-state index contributed by atoms with van der Waals surface area (Å²) in [5.74, 6) is 2.05. The van der Waals surface area contributed by atoms with E-state index < -0.39 is 43.5 Å². The van der Waals surface area contributed by atoms with E-state index in [4.69, 9.17) is 77.5 Å². The summed E-state index contributed by atoms with van der Waals surface area (Å²) in [7, 11) is -4.36. The van der Waals surface area contributed by atoms with Gasteiger partial charge in [0.05, 0.1) is 89.1 Å². The number of morpholine rings is 2. The van der Waals surface area contributed by atoms with Crippen LogP contribution < -0.4 is 15.3 Å². The summed E-state index contributed by atoms with van der Waals surface area (Å²) in [6.45, 7) is 54.5. The van der Waals surface area contributed by atoms with Crippen LogP contribution in [0.1, 0.15) is 118 Å². The summed E-state index contributed by atoms with van der Waals surface area (Å²) in [5, 5.41) is 16.6. The highest BCUT2D eigenvalue weighted by Gasteiger charge is 2.52. The standard InChI is InChI=1S/C41H60N6O5Si2.C30H52IN5O5Si2.C17H20BNO2.CH4O/c1-41(2,3)52-40(48)46-33-21-32(22-34(46)27-51-26-33)37-23-38(45(28-49-17-19-53(4,5)6)29-50-18-20-54(7,8)9)47-39(44-37)35(25-43-47)31-15-16-36(42-24-31)30-13-11-10-12-14-30;1-30(2,3)41-29(37)35-23-14-22(15-24(35)19-40-18-23)26-16-27(36-28(33-26)25(31)17-32-36)34(20-38-10-12-42(4,5)6)21-39-11-13-43(7,8)9;1-16(2)17(3,4)21-18(20-16)14-10-11-15(19-12-14)13-8-6-5-7-9-13;1-2/h10-16,23-25,32-34H,17-22,26-29H2,1-9H3;16-17,22-24H,10-15,18-21H2,1-9H3;5-12H,1-4H3;2H,1H3. The van der Waals surface area contributed by atoms with Crippen LogP contribution in [0.15, 0.2) is 122 Å². The van der Waals surface area contributed by atoms with E-state index in [-0.39, 0.29) is 66.5 Å². The largest absolute Gasteiger partial charge is 0.496 e. The zero-order chi connectivity index (χ0) is 87.3. The predicted octanol–water partition coefficient (Wildman–Crippen LogP) is 18.1. The van der Waals surface area contributed by atoms with Crippen molar-refractivity contribution in [2.24, 2.45) is 0 Å². The number of amides is 2. The summed E-state index contributed by atoms with van der Waals surface area (Å²) in [4.78, 5) is 54.6. The summed E-state index contributed by atoms with van der Waals surface area (Å²) < 4.78 is 65.7. The molecule has 120 heavy (non-hydrogen) atoms. The van der Waals surface area contributed by atoms with Gasteiger partial charge in [-0.1, -0.05) is 151 Å². The fourth-order valence-electron chi connectivity index (χ4n) is 14.7. The monoisotopic (exact) mass is 1830 g/mol. The number of pyridine rings is 2. The molecule has 25 nitrogen and oxygen atoms in total.